The molecule has 0 fully saturated rings. The molecule has 2 aromatic rings. The molecule has 1 amide bonds. The molecular formula is C16H12FNO3. The molecule has 0 bridgehead atoms. The molecule has 3 N–H and O–H groups in total. The fourth-order valence-electron chi connectivity index (χ4n) is 1.73. The van der Waals surface area contributed by atoms with E-state index >= 15 is 0 Å². The van der Waals surface area contributed by atoms with E-state index in [0.29, 0.717) is 5.56 Å². The van der Waals surface area contributed by atoms with E-state index in [0.717, 1.165) is 0 Å². The molecule has 0 spiro atoms. The number of halogens is 1. The SMILES string of the molecule is NC(=O)c1cc(C(=O)C=Cc2ccc(F)cc2)ccc1O. The molecule has 0 aliphatic rings. The summed E-state index contributed by atoms with van der Waals surface area (Å²) in [6, 6.07) is 9.49. The zero-order valence-corrected chi connectivity index (χ0v) is 10.9. The number of hydrogen-bond acceptors (Lipinski definition) is 3. The predicted molar refractivity (Wildman–Crippen MR) is 76.4 cm³/mol. The zero-order chi connectivity index (χ0) is 15.4. The fraction of sp³-hybridized carbons (Fsp3) is 0. The van der Waals surface area contributed by atoms with Gasteiger partial charge in [-0.2, -0.15) is 0 Å². The minimum atomic E-state index is -0.815. The molecule has 4 nitrogen and oxygen atoms in total. The molecule has 0 aliphatic carbocycles. The van der Waals surface area contributed by atoms with Gasteiger partial charge in [-0.05, 0) is 42.0 Å². The van der Waals surface area contributed by atoms with E-state index in [1.807, 2.05) is 0 Å². The minimum Gasteiger partial charge on any atom is -0.507 e. The summed E-state index contributed by atoms with van der Waals surface area (Å²) < 4.78 is 12.7. The van der Waals surface area contributed by atoms with Crippen LogP contribution in [0, 0.1) is 5.82 Å². The molecule has 0 saturated heterocycles. The van der Waals surface area contributed by atoms with Gasteiger partial charge in [0, 0.05) is 5.56 Å². The van der Waals surface area contributed by atoms with Crippen molar-refractivity contribution in [3.63, 3.8) is 0 Å². The van der Waals surface area contributed by atoms with E-state index in [-0.39, 0.29) is 28.5 Å². The first-order valence-corrected chi connectivity index (χ1v) is 6.08. The molecule has 5 heteroatoms. The van der Waals surface area contributed by atoms with Gasteiger partial charge in [-0.15, -0.1) is 0 Å². The Kier molecular flexibility index (Phi) is 4.13. The van der Waals surface area contributed by atoms with E-state index in [9.17, 15) is 19.1 Å². The summed E-state index contributed by atoms with van der Waals surface area (Å²) >= 11 is 0. The molecule has 0 aromatic heterocycles. The van der Waals surface area contributed by atoms with Crippen molar-refractivity contribution in [2.24, 2.45) is 5.73 Å². The molecule has 2 rings (SSSR count). The Hall–Kier alpha value is -2.95. The summed E-state index contributed by atoms with van der Waals surface area (Å²) in [6.07, 6.45) is 2.82. The third-order valence-electron chi connectivity index (χ3n) is 2.84. The molecule has 0 heterocycles. The maximum Gasteiger partial charge on any atom is 0.252 e. The van der Waals surface area contributed by atoms with Crippen molar-refractivity contribution in [2.45, 2.75) is 0 Å². The molecule has 21 heavy (non-hydrogen) atoms. The van der Waals surface area contributed by atoms with E-state index in [4.69, 9.17) is 5.73 Å². The smallest absolute Gasteiger partial charge is 0.252 e. The summed E-state index contributed by atoms with van der Waals surface area (Å²) in [5.74, 6) is -1.81. The van der Waals surface area contributed by atoms with Crippen LogP contribution in [0.5, 0.6) is 5.75 Å². The van der Waals surface area contributed by atoms with Crippen molar-refractivity contribution in [1.29, 1.82) is 0 Å². The Morgan fingerprint density at radius 1 is 1.10 bits per heavy atom. The Morgan fingerprint density at radius 2 is 1.76 bits per heavy atom. The average Bonchev–Trinajstić information content (AvgIpc) is 2.46. The van der Waals surface area contributed by atoms with Crippen LogP contribution in [-0.2, 0) is 0 Å². The highest BCUT2D eigenvalue weighted by molar-refractivity contribution is 6.08. The number of primary amides is 1. The van der Waals surface area contributed by atoms with Gasteiger partial charge in [0.05, 0.1) is 5.56 Å². The first-order valence-electron chi connectivity index (χ1n) is 6.08. The fourth-order valence-corrected chi connectivity index (χ4v) is 1.73. The predicted octanol–water partition coefficient (Wildman–Crippen LogP) is 2.53. The van der Waals surface area contributed by atoms with Crippen molar-refractivity contribution in [3.05, 3.63) is 71.0 Å². The second-order valence-electron chi connectivity index (χ2n) is 4.35. The van der Waals surface area contributed by atoms with Crippen molar-refractivity contribution < 1.29 is 19.1 Å². The largest absolute Gasteiger partial charge is 0.507 e. The van der Waals surface area contributed by atoms with Gasteiger partial charge in [0.15, 0.2) is 5.78 Å². The van der Waals surface area contributed by atoms with Crippen LogP contribution in [0.25, 0.3) is 6.08 Å². The number of phenols is 1. The number of ketones is 1. The lowest BCUT2D eigenvalue weighted by Crippen LogP contribution is -2.12. The molecule has 106 valence electrons. The summed E-state index contributed by atoms with van der Waals surface area (Å²) in [5, 5.41) is 9.46. The molecule has 0 atom stereocenters. The number of hydrogen-bond donors (Lipinski definition) is 2. The first kappa shape index (κ1) is 14.5. The van der Waals surface area contributed by atoms with Gasteiger partial charge < -0.3 is 10.8 Å². The number of benzene rings is 2. The maximum absolute atomic E-state index is 12.7. The van der Waals surface area contributed by atoms with E-state index < -0.39 is 5.91 Å². The summed E-state index contributed by atoms with van der Waals surface area (Å²) in [4.78, 5) is 23.1. The molecule has 2 aromatic carbocycles. The molecule has 0 radical (unpaired) electrons. The summed E-state index contributed by atoms with van der Waals surface area (Å²) in [7, 11) is 0. The summed E-state index contributed by atoms with van der Waals surface area (Å²) in [5.41, 5.74) is 5.87. The number of nitrogens with two attached hydrogens (primary N) is 1. The van der Waals surface area contributed by atoms with Crippen LogP contribution >= 0.6 is 0 Å². The molecule has 0 unspecified atom stereocenters. The van der Waals surface area contributed by atoms with Gasteiger partial charge in [0.25, 0.3) is 5.91 Å². The Balaban J connectivity index is 2.22. The lowest BCUT2D eigenvalue weighted by atomic mass is 10.0. The van der Waals surface area contributed by atoms with Crippen LogP contribution in [0.2, 0.25) is 0 Å². The number of carbonyl (C=O) groups excluding carboxylic acids is 2. The normalized spacial score (nSPS) is 10.7. The third-order valence-corrected chi connectivity index (χ3v) is 2.84. The van der Waals surface area contributed by atoms with Crippen LogP contribution < -0.4 is 5.73 Å². The lowest BCUT2D eigenvalue weighted by Gasteiger charge is -2.02. The number of rotatable bonds is 4. The highest BCUT2D eigenvalue weighted by Gasteiger charge is 2.11. The second kappa shape index (κ2) is 6.00. The van der Waals surface area contributed by atoms with Crippen molar-refractivity contribution in [2.75, 3.05) is 0 Å². The summed E-state index contributed by atoms with van der Waals surface area (Å²) in [6.45, 7) is 0. The third kappa shape index (κ3) is 3.54. The molecule has 0 saturated carbocycles. The van der Waals surface area contributed by atoms with E-state index in [2.05, 4.69) is 0 Å². The van der Waals surface area contributed by atoms with Gasteiger partial charge in [-0.25, -0.2) is 4.39 Å². The Labute approximate surface area is 120 Å². The minimum absolute atomic E-state index is 0.115. The quantitative estimate of drug-likeness (QED) is 0.669. The number of allylic oxidation sites excluding steroid dienone is 1. The highest BCUT2D eigenvalue weighted by atomic mass is 19.1. The van der Waals surface area contributed by atoms with Crippen molar-refractivity contribution >= 4 is 17.8 Å². The Morgan fingerprint density at radius 3 is 2.38 bits per heavy atom. The number of aromatic hydroxyl groups is 1. The average molecular weight is 285 g/mol. The molecular weight excluding hydrogens is 273 g/mol. The van der Waals surface area contributed by atoms with Crippen LogP contribution in [0.15, 0.2) is 48.5 Å². The Bertz CT molecular complexity index is 721. The standard InChI is InChI=1S/C16H12FNO3/c17-12-5-1-10(2-6-12)3-7-14(19)11-4-8-15(20)13(9-11)16(18)21/h1-9,20H,(H2,18,21). The topological polar surface area (TPSA) is 80.4 Å². The first-order chi connectivity index (χ1) is 9.97. The zero-order valence-electron chi connectivity index (χ0n) is 10.9. The molecule has 0 aliphatic heterocycles. The van der Waals surface area contributed by atoms with E-state index in [1.54, 1.807) is 0 Å². The van der Waals surface area contributed by atoms with Crippen molar-refractivity contribution in [3.8, 4) is 5.75 Å². The van der Waals surface area contributed by atoms with Crippen LogP contribution in [-0.4, -0.2) is 16.8 Å². The van der Waals surface area contributed by atoms with E-state index in [1.165, 1.54) is 54.6 Å². The van der Waals surface area contributed by atoms with Gasteiger partial charge >= 0.3 is 0 Å². The number of amides is 1. The number of carbonyl (C=O) groups is 2. The highest BCUT2D eigenvalue weighted by Crippen LogP contribution is 2.18. The van der Waals surface area contributed by atoms with Crippen LogP contribution in [0.4, 0.5) is 4.39 Å². The monoisotopic (exact) mass is 285 g/mol. The lowest BCUT2D eigenvalue weighted by molar-refractivity contribution is 0.0997. The maximum atomic E-state index is 12.7. The van der Waals surface area contributed by atoms with Crippen LogP contribution in [0.3, 0.4) is 0 Å². The van der Waals surface area contributed by atoms with Gasteiger partial charge in [-0.3, -0.25) is 9.59 Å². The van der Waals surface area contributed by atoms with Gasteiger partial charge in [0.2, 0.25) is 0 Å². The van der Waals surface area contributed by atoms with Gasteiger partial charge in [-0.1, -0.05) is 18.2 Å². The van der Waals surface area contributed by atoms with Crippen LogP contribution in [0.1, 0.15) is 26.3 Å². The van der Waals surface area contributed by atoms with Gasteiger partial charge in [0.1, 0.15) is 11.6 Å². The van der Waals surface area contributed by atoms with Crippen molar-refractivity contribution in [1.82, 2.24) is 0 Å². The second-order valence-corrected chi connectivity index (χ2v) is 4.35.